The first-order valence-electron chi connectivity index (χ1n) is 18.7. The van der Waals surface area contributed by atoms with Crippen molar-refractivity contribution in [1.82, 2.24) is 9.80 Å². The number of ether oxygens (including phenoxy) is 3. The first kappa shape index (κ1) is 42.0. The van der Waals surface area contributed by atoms with Crippen LogP contribution in [0.15, 0.2) is 66.7 Å². The van der Waals surface area contributed by atoms with Crippen molar-refractivity contribution in [3.05, 3.63) is 72.3 Å². The lowest BCUT2D eigenvalue weighted by Gasteiger charge is -2.46. The molecule has 1 saturated heterocycles. The van der Waals surface area contributed by atoms with Gasteiger partial charge in [-0.15, -0.1) is 0 Å². The number of unbranched alkanes of at least 4 members (excludes halogenated alkanes) is 1. The van der Waals surface area contributed by atoms with E-state index in [-0.39, 0.29) is 32.3 Å². The molecule has 0 bridgehead atoms. The molecule has 0 aliphatic carbocycles. The number of amides is 2. The highest BCUT2D eigenvalue weighted by Gasteiger charge is 2.59. The van der Waals surface area contributed by atoms with Crippen LogP contribution in [0.1, 0.15) is 94.1 Å². The van der Waals surface area contributed by atoms with E-state index in [1.807, 2.05) is 24.3 Å². The van der Waals surface area contributed by atoms with Gasteiger partial charge in [-0.2, -0.15) is 0 Å². The molecule has 3 aromatic rings. The van der Waals surface area contributed by atoms with Crippen LogP contribution in [0.5, 0.6) is 0 Å². The van der Waals surface area contributed by atoms with E-state index < -0.39 is 47.5 Å². The summed E-state index contributed by atoms with van der Waals surface area (Å²) in [6, 6.07) is 22.9. The van der Waals surface area contributed by atoms with Gasteiger partial charge in [-0.25, -0.2) is 14.5 Å². The van der Waals surface area contributed by atoms with Crippen molar-refractivity contribution in [3.63, 3.8) is 0 Å². The van der Waals surface area contributed by atoms with Crippen LogP contribution in [0.2, 0.25) is 0 Å². The normalized spacial score (nSPS) is 19.8. The van der Waals surface area contributed by atoms with E-state index in [0.717, 1.165) is 32.4 Å². The minimum absolute atomic E-state index is 0.0186. The zero-order valence-electron chi connectivity index (χ0n) is 33.3. The summed E-state index contributed by atoms with van der Waals surface area (Å²) in [5.74, 6) is -0.565. The summed E-state index contributed by atoms with van der Waals surface area (Å²) < 4.78 is 38.2. The number of carbonyl (C=O) groups excluding carboxylic acids is 3. The maximum Gasteiger partial charge on any atom is 0.419 e. The number of fused-ring (bicyclic) bond motifs is 1. The summed E-state index contributed by atoms with van der Waals surface area (Å²) in [5.41, 5.74) is 0.790. The number of benzene rings is 3. The molecule has 290 valence electrons. The van der Waals surface area contributed by atoms with Crippen molar-refractivity contribution < 1.29 is 37.7 Å². The van der Waals surface area contributed by atoms with Gasteiger partial charge in [0.1, 0.15) is 16.8 Å². The lowest BCUT2D eigenvalue weighted by molar-refractivity contribution is -0.160. The van der Waals surface area contributed by atoms with Crippen molar-refractivity contribution in [2.45, 2.75) is 117 Å². The molecule has 4 rings (SSSR count). The Morgan fingerprint density at radius 3 is 1.94 bits per heavy atom. The van der Waals surface area contributed by atoms with Crippen molar-refractivity contribution >= 4 is 36.3 Å². The Morgan fingerprint density at radius 2 is 1.32 bits per heavy atom. The molecule has 2 amide bonds. The molecular weight excluding hydrogens is 691 g/mol. The van der Waals surface area contributed by atoms with E-state index >= 15 is 0 Å². The van der Waals surface area contributed by atoms with Crippen LogP contribution in [-0.4, -0.2) is 82.3 Å². The molecule has 11 heteroatoms. The minimum atomic E-state index is -3.61. The van der Waals surface area contributed by atoms with Gasteiger partial charge in [-0.1, -0.05) is 66.7 Å². The monoisotopic (exact) mass is 750 g/mol. The number of carbonyl (C=O) groups is 3. The van der Waals surface area contributed by atoms with Crippen LogP contribution in [-0.2, 0) is 34.6 Å². The predicted molar refractivity (Wildman–Crippen MR) is 210 cm³/mol. The molecule has 2 atom stereocenters. The zero-order valence-corrected chi connectivity index (χ0v) is 34.2. The second-order valence-electron chi connectivity index (χ2n) is 16.8. The summed E-state index contributed by atoms with van der Waals surface area (Å²) in [7, 11) is -3.61. The Hall–Kier alpha value is -3.72. The summed E-state index contributed by atoms with van der Waals surface area (Å²) in [5, 5.41) is 0.819. The van der Waals surface area contributed by atoms with Crippen LogP contribution in [0.3, 0.4) is 0 Å². The Bertz CT molecular complexity index is 1770. The van der Waals surface area contributed by atoms with Gasteiger partial charge in [0.2, 0.25) is 7.37 Å². The smallest absolute Gasteiger partial charge is 0.419 e. The quantitative estimate of drug-likeness (QED) is 0.0818. The summed E-state index contributed by atoms with van der Waals surface area (Å²) >= 11 is 0. The fraction of sp³-hybridized carbons (Fsp3) is 0.548. The predicted octanol–water partition coefficient (Wildman–Crippen LogP) is 10.1. The van der Waals surface area contributed by atoms with E-state index in [1.54, 1.807) is 69.2 Å². The van der Waals surface area contributed by atoms with Crippen molar-refractivity contribution in [3.8, 4) is 11.1 Å². The molecule has 53 heavy (non-hydrogen) atoms. The van der Waals surface area contributed by atoms with Gasteiger partial charge in [0, 0.05) is 32.3 Å². The second kappa shape index (κ2) is 16.7. The van der Waals surface area contributed by atoms with E-state index in [0.29, 0.717) is 25.9 Å². The molecule has 1 unspecified atom stereocenters. The molecular formula is C42H59N2O8P. The third-order valence-electron chi connectivity index (χ3n) is 8.91. The largest absolute Gasteiger partial charge is 0.459 e. The second-order valence-corrected chi connectivity index (χ2v) is 19.7. The number of hydrogen-bond acceptors (Lipinski definition) is 9. The van der Waals surface area contributed by atoms with Gasteiger partial charge in [0.05, 0.1) is 6.61 Å². The molecule has 0 saturated carbocycles. The number of hydrogen-bond donors (Lipinski definition) is 0. The molecule has 3 aromatic carbocycles. The first-order chi connectivity index (χ1) is 24.7. The van der Waals surface area contributed by atoms with Gasteiger partial charge < -0.3 is 18.7 Å². The fourth-order valence-corrected chi connectivity index (χ4v) is 9.71. The standard InChI is InChI=1S/C42H59N2O8P/c1-11-49-53(48)28-27-43(29-32-20-13-15-23-34(32)35-24-18-21-31-19-12-14-22-33(31)35)30-42(53,36(45)50-39(2,3)4)25-16-17-26-44(37(46)51-40(5,6)7)38(47)52-41(8,9)10/h12-15,18-24H,11,16-17,25-30H2,1-10H3/t42-,53?/m0/s1. The highest BCUT2D eigenvalue weighted by Crippen LogP contribution is 2.64. The highest BCUT2D eigenvalue weighted by molar-refractivity contribution is 7.62. The van der Waals surface area contributed by atoms with Gasteiger partial charge in [-0.3, -0.25) is 14.3 Å². The average molecular weight is 751 g/mol. The molecule has 1 aliphatic heterocycles. The SMILES string of the molecule is CCOP1(=O)CCN(Cc2ccccc2-c2cccc3ccccc23)C[C@@]1(CCCCN(C(=O)OC(C)(C)C)C(=O)OC(C)(C)C)C(=O)OC(C)(C)C. The van der Waals surface area contributed by atoms with Crippen LogP contribution in [0, 0.1) is 0 Å². The van der Waals surface area contributed by atoms with Crippen LogP contribution >= 0.6 is 7.37 Å². The number of imide groups is 1. The Kier molecular flexibility index (Phi) is 13.3. The molecule has 1 fully saturated rings. The summed E-state index contributed by atoms with van der Waals surface area (Å²) in [4.78, 5) is 43.9. The summed E-state index contributed by atoms with van der Waals surface area (Å²) in [6.45, 7) is 18.8. The highest BCUT2D eigenvalue weighted by atomic mass is 31.2. The van der Waals surface area contributed by atoms with Gasteiger partial charge in [0.25, 0.3) is 0 Å². The van der Waals surface area contributed by atoms with Crippen LogP contribution < -0.4 is 0 Å². The zero-order chi connectivity index (χ0) is 39.2. The minimum Gasteiger partial charge on any atom is -0.459 e. The van der Waals surface area contributed by atoms with Crippen molar-refractivity contribution in [1.29, 1.82) is 0 Å². The topological polar surface area (TPSA) is 112 Å². The number of rotatable bonds is 11. The van der Waals surface area contributed by atoms with Gasteiger partial charge in [-0.05, 0) is 116 Å². The van der Waals surface area contributed by atoms with Crippen molar-refractivity contribution in [2.75, 3.05) is 32.4 Å². The number of nitrogens with zero attached hydrogens (tertiary/aromatic N) is 2. The number of esters is 1. The molecule has 10 nitrogen and oxygen atoms in total. The molecule has 0 spiro atoms. The maximum absolute atomic E-state index is 15.0. The van der Waals surface area contributed by atoms with E-state index in [4.69, 9.17) is 18.7 Å². The third-order valence-corrected chi connectivity index (χ3v) is 12.2. The van der Waals surface area contributed by atoms with Gasteiger partial charge in [0.15, 0.2) is 5.16 Å². The first-order valence-corrected chi connectivity index (χ1v) is 20.5. The van der Waals surface area contributed by atoms with Crippen molar-refractivity contribution in [2.24, 2.45) is 0 Å². The van der Waals surface area contributed by atoms with Gasteiger partial charge >= 0.3 is 18.2 Å². The molecule has 0 aromatic heterocycles. The van der Waals surface area contributed by atoms with E-state index in [9.17, 15) is 18.9 Å². The van der Waals surface area contributed by atoms with E-state index in [1.165, 1.54) is 0 Å². The Morgan fingerprint density at radius 1 is 0.755 bits per heavy atom. The Balaban J connectivity index is 1.66. The lowest BCUT2D eigenvalue weighted by Crippen LogP contribution is -2.56. The van der Waals surface area contributed by atoms with E-state index in [2.05, 4.69) is 47.4 Å². The van der Waals surface area contributed by atoms with Crippen LogP contribution in [0.4, 0.5) is 9.59 Å². The van der Waals surface area contributed by atoms with Crippen LogP contribution in [0.25, 0.3) is 21.9 Å². The maximum atomic E-state index is 15.0. The molecule has 1 heterocycles. The molecule has 0 radical (unpaired) electrons. The summed E-state index contributed by atoms with van der Waals surface area (Å²) in [6.07, 6.45) is -0.641. The molecule has 1 aliphatic rings. The third kappa shape index (κ3) is 10.9. The average Bonchev–Trinajstić information content (AvgIpc) is 3.03. The lowest BCUT2D eigenvalue weighted by atomic mass is 9.94. The fourth-order valence-electron chi connectivity index (χ4n) is 6.70. The molecule has 0 N–H and O–H groups in total. The Labute approximate surface area is 315 Å².